The Morgan fingerprint density at radius 2 is 2.00 bits per heavy atom. The van der Waals surface area contributed by atoms with Crippen LogP contribution in [0.4, 0.5) is 0 Å². The van der Waals surface area contributed by atoms with Crippen LogP contribution in [0.1, 0.15) is 57.8 Å². The van der Waals surface area contributed by atoms with Crippen molar-refractivity contribution in [3.05, 3.63) is 15.9 Å². The molecule has 0 aliphatic heterocycles. The molecule has 1 aliphatic rings. The maximum absolute atomic E-state index is 4.55. The average Bonchev–Trinajstić information content (AvgIpc) is 2.63. The molecule has 0 saturated heterocycles. The smallest absolute Gasteiger partial charge is 0.0767 e. The second-order valence-corrected chi connectivity index (χ2v) is 7.30. The van der Waals surface area contributed by atoms with E-state index in [0.717, 1.165) is 18.7 Å². The number of nitrogens with zero attached hydrogens (tertiary/aromatic N) is 2. The van der Waals surface area contributed by atoms with Crippen molar-refractivity contribution in [3.8, 4) is 0 Å². The fraction of sp³-hybridized carbons (Fsp3) is 0.800. The first kappa shape index (κ1) is 15.0. The van der Waals surface area contributed by atoms with E-state index in [-0.39, 0.29) is 0 Å². The summed E-state index contributed by atoms with van der Waals surface area (Å²) < 4.78 is 3.18. The molecule has 0 amide bonds. The Morgan fingerprint density at radius 1 is 1.37 bits per heavy atom. The van der Waals surface area contributed by atoms with Crippen LogP contribution in [0.5, 0.6) is 0 Å². The summed E-state index contributed by atoms with van der Waals surface area (Å²) in [6.45, 7) is 7.82. The van der Waals surface area contributed by atoms with Crippen LogP contribution in [-0.4, -0.2) is 15.8 Å². The van der Waals surface area contributed by atoms with Crippen LogP contribution < -0.4 is 5.32 Å². The van der Waals surface area contributed by atoms with Gasteiger partial charge in [-0.25, -0.2) is 0 Å². The number of rotatable bonds is 4. The standard InChI is InChI=1S/C15H26BrN3/c1-5-12-14(16)13(19(4)18-12)10-17-11-6-8-15(2,3)9-7-11/h11,17H,5-10H2,1-4H3. The van der Waals surface area contributed by atoms with Crippen molar-refractivity contribution in [3.63, 3.8) is 0 Å². The van der Waals surface area contributed by atoms with E-state index in [2.05, 4.69) is 47.1 Å². The van der Waals surface area contributed by atoms with Crippen LogP contribution in [0, 0.1) is 5.41 Å². The molecule has 19 heavy (non-hydrogen) atoms. The summed E-state index contributed by atoms with van der Waals surface area (Å²) in [5.74, 6) is 0. The molecule has 2 rings (SSSR count). The molecule has 3 nitrogen and oxygen atoms in total. The van der Waals surface area contributed by atoms with Gasteiger partial charge in [0.25, 0.3) is 0 Å². The summed E-state index contributed by atoms with van der Waals surface area (Å²) >= 11 is 3.68. The molecular formula is C15H26BrN3. The van der Waals surface area contributed by atoms with Crippen LogP contribution in [0.3, 0.4) is 0 Å². The van der Waals surface area contributed by atoms with Gasteiger partial charge in [0.05, 0.1) is 15.9 Å². The summed E-state index contributed by atoms with van der Waals surface area (Å²) in [6, 6.07) is 0.667. The topological polar surface area (TPSA) is 29.9 Å². The highest BCUT2D eigenvalue weighted by Gasteiger charge is 2.26. The van der Waals surface area contributed by atoms with Gasteiger partial charge in [0.15, 0.2) is 0 Å². The van der Waals surface area contributed by atoms with Crippen molar-refractivity contribution in [1.82, 2.24) is 15.1 Å². The zero-order valence-corrected chi connectivity index (χ0v) is 14.2. The normalized spacial score (nSPS) is 19.8. The van der Waals surface area contributed by atoms with Gasteiger partial charge >= 0.3 is 0 Å². The van der Waals surface area contributed by atoms with E-state index in [4.69, 9.17) is 0 Å². The molecule has 1 aliphatic carbocycles. The van der Waals surface area contributed by atoms with Gasteiger partial charge in [-0.05, 0) is 53.4 Å². The molecule has 0 aromatic carbocycles. The Morgan fingerprint density at radius 3 is 2.53 bits per heavy atom. The highest BCUT2D eigenvalue weighted by atomic mass is 79.9. The lowest BCUT2D eigenvalue weighted by Gasteiger charge is -2.34. The first-order valence-corrected chi connectivity index (χ1v) is 8.16. The molecule has 1 fully saturated rings. The van der Waals surface area contributed by atoms with Crippen molar-refractivity contribution < 1.29 is 0 Å². The monoisotopic (exact) mass is 327 g/mol. The molecule has 0 spiro atoms. The van der Waals surface area contributed by atoms with E-state index in [0.29, 0.717) is 11.5 Å². The largest absolute Gasteiger partial charge is 0.308 e. The Kier molecular flexibility index (Phi) is 4.72. The molecule has 0 bridgehead atoms. The van der Waals surface area contributed by atoms with Gasteiger partial charge in [0.1, 0.15) is 0 Å². The van der Waals surface area contributed by atoms with Crippen molar-refractivity contribution in [1.29, 1.82) is 0 Å². The zero-order valence-electron chi connectivity index (χ0n) is 12.6. The average molecular weight is 328 g/mol. The number of hydrogen-bond acceptors (Lipinski definition) is 2. The van der Waals surface area contributed by atoms with E-state index in [9.17, 15) is 0 Å². The van der Waals surface area contributed by atoms with Crippen LogP contribution in [0.15, 0.2) is 4.47 Å². The molecule has 1 heterocycles. The van der Waals surface area contributed by atoms with Crippen LogP contribution in [-0.2, 0) is 20.0 Å². The number of aryl methyl sites for hydroxylation is 2. The molecule has 0 radical (unpaired) electrons. The Balaban J connectivity index is 1.91. The van der Waals surface area contributed by atoms with Crippen molar-refractivity contribution in [2.75, 3.05) is 0 Å². The minimum Gasteiger partial charge on any atom is -0.308 e. The van der Waals surface area contributed by atoms with Gasteiger partial charge in [-0.3, -0.25) is 4.68 Å². The first-order chi connectivity index (χ1) is 8.93. The number of aromatic nitrogens is 2. The van der Waals surface area contributed by atoms with Gasteiger partial charge in [-0.1, -0.05) is 20.8 Å². The molecule has 1 aromatic heterocycles. The number of nitrogens with one attached hydrogen (secondary N) is 1. The van der Waals surface area contributed by atoms with Gasteiger partial charge < -0.3 is 5.32 Å². The number of hydrogen-bond donors (Lipinski definition) is 1. The predicted molar refractivity (Wildman–Crippen MR) is 83.2 cm³/mol. The van der Waals surface area contributed by atoms with Crippen molar-refractivity contribution >= 4 is 15.9 Å². The van der Waals surface area contributed by atoms with Gasteiger partial charge in [0.2, 0.25) is 0 Å². The third-order valence-electron chi connectivity index (χ3n) is 4.40. The molecule has 1 N–H and O–H groups in total. The summed E-state index contributed by atoms with van der Waals surface area (Å²) in [4.78, 5) is 0. The van der Waals surface area contributed by atoms with Gasteiger partial charge in [0, 0.05) is 19.6 Å². The highest BCUT2D eigenvalue weighted by Crippen LogP contribution is 2.35. The molecule has 1 aromatic rings. The molecule has 1 saturated carbocycles. The van der Waals surface area contributed by atoms with Crippen molar-refractivity contribution in [2.45, 2.75) is 65.5 Å². The maximum atomic E-state index is 4.55. The van der Waals surface area contributed by atoms with Crippen molar-refractivity contribution in [2.24, 2.45) is 12.5 Å². The first-order valence-electron chi connectivity index (χ1n) is 7.36. The molecule has 4 heteroatoms. The Bertz CT molecular complexity index is 427. The maximum Gasteiger partial charge on any atom is 0.0767 e. The summed E-state index contributed by atoms with van der Waals surface area (Å²) in [5, 5.41) is 8.25. The summed E-state index contributed by atoms with van der Waals surface area (Å²) in [7, 11) is 2.03. The van der Waals surface area contributed by atoms with Crippen LogP contribution >= 0.6 is 15.9 Å². The minimum atomic E-state index is 0.542. The molecule has 0 unspecified atom stereocenters. The van der Waals surface area contributed by atoms with E-state index in [1.807, 2.05) is 11.7 Å². The van der Waals surface area contributed by atoms with E-state index < -0.39 is 0 Å². The third-order valence-corrected chi connectivity index (χ3v) is 5.32. The number of halogens is 1. The Hall–Kier alpha value is -0.350. The molecule has 0 atom stereocenters. The summed E-state index contributed by atoms with van der Waals surface area (Å²) in [5.41, 5.74) is 2.96. The fourth-order valence-electron chi connectivity index (χ4n) is 2.86. The second-order valence-electron chi connectivity index (χ2n) is 6.50. The SMILES string of the molecule is CCc1nn(C)c(CNC2CCC(C)(C)CC2)c1Br. The predicted octanol–water partition coefficient (Wildman–Crippen LogP) is 3.80. The third kappa shape index (κ3) is 3.60. The van der Waals surface area contributed by atoms with Gasteiger partial charge in [-0.2, -0.15) is 5.10 Å². The second kappa shape index (κ2) is 5.96. The zero-order chi connectivity index (χ0) is 14.0. The summed E-state index contributed by atoms with van der Waals surface area (Å²) in [6.07, 6.45) is 6.23. The van der Waals surface area contributed by atoms with Crippen LogP contribution in [0.25, 0.3) is 0 Å². The lowest BCUT2D eigenvalue weighted by atomic mass is 9.75. The Labute approximate surface area is 125 Å². The van der Waals surface area contributed by atoms with E-state index in [1.165, 1.54) is 35.8 Å². The lowest BCUT2D eigenvalue weighted by Crippen LogP contribution is -2.35. The lowest BCUT2D eigenvalue weighted by molar-refractivity contribution is 0.205. The molecule has 108 valence electrons. The van der Waals surface area contributed by atoms with Crippen LogP contribution in [0.2, 0.25) is 0 Å². The fourth-order valence-corrected chi connectivity index (χ4v) is 3.61. The quantitative estimate of drug-likeness (QED) is 0.911. The highest BCUT2D eigenvalue weighted by molar-refractivity contribution is 9.10. The van der Waals surface area contributed by atoms with E-state index in [1.54, 1.807) is 0 Å². The molecular weight excluding hydrogens is 302 g/mol. The van der Waals surface area contributed by atoms with Gasteiger partial charge in [-0.15, -0.1) is 0 Å². The van der Waals surface area contributed by atoms with E-state index >= 15 is 0 Å². The minimum absolute atomic E-state index is 0.542.